The second kappa shape index (κ2) is 14.1. The van der Waals surface area contributed by atoms with Gasteiger partial charge in [-0.3, -0.25) is 14.4 Å². The average Bonchev–Trinajstić information content (AvgIpc) is 2.93. The maximum absolute atomic E-state index is 15.8. The van der Waals surface area contributed by atoms with E-state index in [-0.39, 0.29) is 54.6 Å². The van der Waals surface area contributed by atoms with Crippen molar-refractivity contribution in [2.75, 3.05) is 13.2 Å². The topological polar surface area (TPSA) is 97.6 Å². The summed E-state index contributed by atoms with van der Waals surface area (Å²) in [4.78, 5) is 39.1. The smallest absolute Gasteiger partial charge is 0.416 e. The second-order valence-electron chi connectivity index (χ2n) is 12.4. The van der Waals surface area contributed by atoms with Gasteiger partial charge in [-0.1, -0.05) is 19.8 Å². The first-order valence-corrected chi connectivity index (χ1v) is 15.0. The summed E-state index contributed by atoms with van der Waals surface area (Å²) in [6, 6.07) is 2.85. The van der Waals surface area contributed by atoms with Gasteiger partial charge in [0.2, 0.25) is 5.91 Å². The molecule has 0 spiro atoms. The number of rotatable bonds is 11. The van der Waals surface area contributed by atoms with Gasteiger partial charge in [-0.05, 0) is 84.7 Å². The molecule has 1 aliphatic rings. The van der Waals surface area contributed by atoms with Gasteiger partial charge in [-0.25, -0.2) is 8.78 Å². The molecule has 0 saturated carbocycles. The van der Waals surface area contributed by atoms with Crippen LogP contribution in [-0.4, -0.2) is 34.8 Å². The fraction of sp³-hybridized carbons (Fsp3) is 0.400. The molecule has 1 aromatic heterocycles. The van der Waals surface area contributed by atoms with Crippen molar-refractivity contribution in [2.45, 2.75) is 65.2 Å². The number of nitrogens with one attached hydrogen (secondary N) is 1. The van der Waals surface area contributed by atoms with Gasteiger partial charge in [0, 0.05) is 23.7 Å². The lowest BCUT2D eigenvalue weighted by Crippen LogP contribution is -2.41. The predicted molar refractivity (Wildman–Crippen MR) is 165 cm³/mol. The van der Waals surface area contributed by atoms with Crippen LogP contribution in [0.2, 0.25) is 0 Å². The van der Waals surface area contributed by atoms with Crippen molar-refractivity contribution in [1.29, 1.82) is 0 Å². The van der Waals surface area contributed by atoms with Gasteiger partial charge >= 0.3 is 12.1 Å². The SMILES string of the molecule is C#Cc1cc(-c2c(C)cc(F)cc2C)cc([C@H](CC(=O)O)NC(=O)[C@H](CC(C)C)n2cc(CC3COC3)c(C(F)(F)F)cc2=O)c1F. The second-order valence-corrected chi connectivity index (χ2v) is 12.4. The number of hydrogen-bond acceptors (Lipinski definition) is 4. The summed E-state index contributed by atoms with van der Waals surface area (Å²) >= 11 is 0. The van der Waals surface area contributed by atoms with Crippen LogP contribution in [0.5, 0.6) is 0 Å². The molecule has 1 aliphatic heterocycles. The van der Waals surface area contributed by atoms with Crippen molar-refractivity contribution in [1.82, 2.24) is 9.88 Å². The number of carboxylic acid groups (broad SMARTS) is 1. The largest absolute Gasteiger partial charge is 0.481 e. The van der Waals surface area contributed by atoms with E-state index in [0.717, 1.165) is 10.8 Å². The number of halogens is 5. The van der Waals surface area contributed by atoms with Gasteiger partial charge in [0.15, 0.2) is 0 Å². The van der Waals surface area contributed by atoms with Crippen molar-refractivity contribution in [2.24, 2.45) is 11.8 Å². The first kappa shape index (κ1) is 35.4. The molecule has 2 aromatic carbocycles. The van der Waals surface area contributed by atoms with E-state index in [4.69, 9.17) is 11.2 Å². The molecule has 3 aromatic rings. The lowest BCUT2D eigenvalue weighted by molar-refractivity contribution is -0.139. The van der Waals surface area contributed by atoms with E-state index in [0.29, 0.717) is 28.3 Å². The number of nitrogens with zero attached hydrogens (tertiary/aromatic N) is 1. The number of aromatic nitrogens is 1. The van der Waals surface area contributed by atoms with Crippen LogP contribution in [0.1, 0.15) is 72.2 Å². The molecule has 47 heavy (non-hydrogen) atoms. The maximum Gasteiger partial charge on any atom is 0.416 e. The van der Waals surface area contributed by atoms with E-state index < -0.39 is 59.3 Å². The van der Waals surface area contributed by atoms with E-state index >= 15 is 4.39 Å². The van der Waals surface area contributed by atoms with Crippen molar-refractivity contribution in [3.05, 3.63) is 91.9 Å². The fourth-order valence-electron chi connectivity index (χ4n) is 5.97. The monoisotopic (exact) mass is 658 g/mol. The number of carbonyl (C=O) groups is 2. The minimum atomic E-state index is -4.82. The van der Waals surface area contributed by atoms with Crippen LogP contribution < -0.4 is 10.9 Å². The molecule has 2 atom stereocenters. The van der Waals surface area contributed by atoms with E-state index in [1.54, 1.807) is 27.7 Å². The van der Waals surface area contributed by atoms with Crippen LogP contribution in [0, 0.1) is 49.7 Å². The molecule has 0 unspecified atom stereocenters. The predicted octanol–water partition coefficient (Wildman–Crippen LogP) is 6.52. The molecule has 0 aliphatic carbocycles. The Bertz CT molecular complexity index is 1760. The quantitative estimate of drug-likeness (QED) is 0.181. The number of benzene rings is 2. The highest BCUT2D eigenvalue weighted by atomic mass is 19.4. The molecular weight excluding hydrogens is 623 g/mol. The molecule has 2 N–H and O–H groups in total. The molecule has 0 radical (unpaired) electrons. The van der Waals surface area contributed by atoms with Crippen LogP contribution in [0.25, 0.3) is 11.1 Å². The summed E-state index contributed by atoms with van der Waals surface area (Å²) < 4.78 is 77.7. The number of alkyl halides is 3. The minimum Gasteiger partial charge on any atom is -0.481 e. The third-order valence-electron chi connectivity index (χ3n) is 8.13. The van der Waals surface area contributed by atoms with Crippen LogP contribution in [0.4, 0.5) is 22.0 Å². The Morgan fingerprint density at radius 2 is 1.74 bits per heavy atom. The summed E-state index contributed by atoms with van der Waals surface area (Å²) in [5.41, 5.74) is -0.960. The van der Waals surface area contributed by atoms with E-state index in [9.17, 15) is 37.1 Å². The summed E-state index contributed by atoms with van der Waals surface area (Å²) in [6.07, 6.45) is 0.963. The molecule has 0 bridgehead atoms. The van der Waals surface area contributed by atoms with Crippen molar-refractivity contribution < 1.29 is 41.4 Å². The molecule has 7 nitrogen and oxygen atoms in total. The van der Waals surface area contributed by atoms with Crippen molar-refractivity contribution in [3.8, 4) is 23.5 Å². The Morgan fingerprint density at radius 1 is 1.11 bits per heavy atom. The van der Waals surface area contributed by atoms with Crippen LogP contribution in [-0.2, 0) is 26.9 Å². The number of terminal acetylenes is 1. The van der Waals surface area contributed by atoms with Crippen LogP contribution >= 0.6 is 0 Å². The molecule has 4 rings (SSSR count). The number of aliphatic carboxylic acids is 1. The summed E-state index contributed by atoms with van der Waals surface area (Å²) in [6.45, 7) is 7.28. The average molecular weight is 659 g/mol. The van der Waals surface area contributed by atoms with Gasteiger partial charge in [0.25, 0.3) is 5.56 Å². The first-order valence-electron chi connectivity index (χ1n) is 15.0. The maximum atomic E-state index is 15.8. The zero-order valence-electron chi connectivity index (χ0n) is 26.3. The Morgan fingerprint density at radius 3 is 2.26 bits per heavy atom. The fourth-order valence-corrected chi connectivity index (χ4v) is 5.97. The van der Waals surface area contributed by atoms with Gasteiger partial charge < -0.3 is 19.7 Å². The van der Waals surface area contributed by atoms with E-state index in [2.05, 4.69) is 11.2 Å². The highest BCUT2D eigenvalue weighted by Gasteiger charge is 2.37. The molecule has 1 saturated heterocycles. The molecule has 12 heteroatoms. The van der Waals surface area contributed by atoms with E-state index in [1.807, 2.05) is 0 Å². The summed E-state index contributed by atoms with van der Waals surface area (Å²) in [7, 11) is 0. The highest BCUT2D eigenvalue weighted by molar-refractivity contribution is 5.82. The van der Waals surface area contributed by atoms with Crippen molar-refractivity contribution in [3.63, 3.8) is 0 Å². The Kier molecular flexibility index (Phi) is 10.6. The molecule has 1 amide bonds. The molecule has 1 fully saturated rings. The Hall–Kier alpha value is -4.50. The third-order valence-corrected chi connectivity index (χ3v) is 8.13. The summed E-state index contributed by atoms with van der Waals surface area (Å²) in [5.74, 6) is -1.95. The normalized spacial score (nSPS) is 14.7. The number of ether oxygens (including phenoxy) is 1. The lowest BCUT2D eigenvalue weighted by Gasteiger charge is -2.29. The number of carbonyl (C=O) groups excluding carboxylic acids is 1. The molecular formula is C35H35F5N2O5. The number of amides is 1. The number of pyridine rings is 1. The van der Waals surface area contributed by atoms with E-state index in [1.165, 1.54) is 24.3 Å². The highest BCUT2D eigenvalue weighted by Crippen LogP contribution is 2.36. The molecule has 2 heterocycles. The summed E-state index contributed by atoms with van der Waals surface area (Å²) in [5, 5.41) is 12.3. The van der Waals surface area contributed by atoms with Gasteiger partial charge in [-0.2, -0.15) is 13.2 Å². The zero-order valence-corrected chi connectivity index (χ0v) is 26.3. The van der Waals surface area contributed by atoms with Crippen LogP contribution in [0.15, 0.2) is 41.3 Å². The van der Waals surface area contributed by atoms with Crippen molar-refractivity contribution >= 4 is 11.9 Å². The molecule has 250 valence electrons. The number of hydrogen-bond donors (Lipinski definition) is 2. The Labute approximate surface area is 268 Å². The van der Waals surface area contributed by atoms with Gasteiger partial charge in [0.05, 0.1) is 36.8 Å². The Balaban J connectivity index is 1.82. The first-order chi connectivity index (χ1) is 22.0. The standard InChI is InChI=1S/C35H35F5N2O5/c1-6-22-11-23(32-19(4)8-25(36)9-20(32)5)12-26(33(22)37)28(14-31(44)45)41-34(46)29(7-18(2)3)42-15-24(10-21-16-47-17-21)27(13-30(42)43)35(38,39)40/h1,8-9,11-13,15,18,21,28-29H,7,10,14,16-17H2,2-5H3,(H,41,46)(H,44,45)/t28-,29-/m0/s1. The van der Waals surface area contributed by atoms with Gasteiger partial charge in [-0.15, -0.1) is 6.42 Å². The number of aryl methyl sites for hydroxylation is 2. The van der Waals surface area contributed by atoms with Gasteiger partial charge in [0.1, 0.15) is 17.7 Å². The minimum absolute atomic E-state index is 0.00499. The lowest BCUT2D eigenvalue weighted by atomic mass is 9.90. The third kappa shape index (κ3) is 8.08. The van der Waals surface area contributed by atoms with Crippen LogP contribution in [0.3, 0.4) is 0 Å². The number of carboxylic acids is 1. The zero-order chi connectivity index (χ0) is 34.8.